The fourth-order valence-electron chi connectivity index (χ4n) is 2.86. The van der Waals surface area contributed by atoms with Gasteiger partial charge in [-0.3, -0.25) is 4.79 Å². The third-order valence-electron chi connectivity index (χ3n) is 3.80. The molecule has 3 rings (SSSR count). The molecule has 17 heavy (non-hydrogen) atoms. The van der Waals surface area contributed by atoms with E-state index < -0.39 is 0 Å². The summed E-state index contributed by atoms with van der Waals surface area (Å²) in [5, 5.41) is 6.48. The lowest BCUT2D eigenvalue weighted by molar-refractivity contribution is 0.0913. The Morgan fingerprint density at radius 2 is 2.06 bits per heavy atom. The minimum atomic E-state index is -0.149. The van der Waals surface area contributed by atoms with E-state index in [1.165, 1.54) is 0 Å². The summed E-state index contributed by atoms with van der Waals surface area (Å²) in [5.41, 5.74) is 1.75. The highest BCUT2D eigenvalue weighted by atomic mass is 16.5. The molecule has 2 aliphatic rings. The summed E-state index contributed by atoms with van der Waals surface area (Å²) in [6.07, 6.45) is 1.91. The Kier molecular flexibility index (Phi) is 2.33. The topological polar surface area (TPSA) is 50.4 Å². The van der Waals surface area contributed by atoms with Crippen LogP contribution < -0.4 is 15.4 Å². The van der Waals surface area contributed by atoms with E-state index in [9.17, 15) is 4.79 Å². The van der Waals surface area contributed by atoms with Gasteiger partial charge in [0.15, 0.2) is 0 Å². The normalized spacial score (nSPS) is 21.1. The van der Waals surface area contributed by atoms with Crippen LogP contribution in [0.1, 0.15) is 28.8 Å². The molecule has 0 radical (unpaired) electrons. The average Bonchev–Trinajstić information content (AvgIpc) is 2.63. The summed E-state index contributed by atoms with van der Waals surface area (Å²) in [7, 11) is 1.62. The number of piperidine rings is 1. The monoisotopic (exact) mass is 232 g/mol. The van der Waals surface area contributed by atoms with Crippen molar-refractivity contribution in [3.05, 3.63) is 29.3 Å². The number of benzene rings is 1. The standard InChI is InChI=1S/C13H16N2O2/c1-17-9-2-3-11-10(8-9)12(16)15-13(11)4-6-14-7-5-13/h2-3,8,14H,4-7H2,1H3,(H,15,16). The maximum Gasteiger partial charge on any atom is 0.252 e. The van der Waals surface area contributed by atoms with E-state index in [0.29, 0.717) is 0 Å². The number of carbonyl (C=O) groups is 1. The molecule has 0 bridgehead atoms. The van der Waals surface area contributed by atoms with Crippen molar-refractivity contribution in [1.82, 2.24) is 10.6 Å². The predicted molar refractivity (Wildman–Crippen MR) is 64.2 cm³/mol. The molecule has 2 aliphatic heterocycles. The molecule has 90 valence electrons. The van der Waals surface area contributed by atoms with Gasteiger partial charge in [0.25, 0.3) is 5.91 Å². The van der Waals surface area contributed by atoms with Gasteiger partial charge >= 0.3 is 0 Å². The minimum absolute atomic E-state index is 0.0285. The quantitative estimate of drug-likeness (QED) is 0.760. The summed E-state index contributed by atoms with van der Waals surface area (Å²) in [6, 6.07) is 5.79. The highest BCUT2D eigenvalue weighted by Crippen LogP contribution is 2.39. The number of hydrogen-bond acceptors (Lipinski definition) is 3. The van der Waals surface area contributed by atoms with E-state index >= 15 is 0 Å². The van der Waals surface area contributed by atoms with E-state index in [1.807, 2.05) is 18.2 Å². The van der Waals surface area contributed by atoms with Gasteiger partial charge in [0.1, 0.15) is 5.75 Å². The van der Waals surface area contributed by atoms with Gasteiger partial charge in [-0.2, -0.15) is 0 Å². The molecule has 4 heteroatoms. The van der Waals surface area contributed by atoms with E-state index in [1.54, 1.807) is 7.11 Å². The Morgan fingerprint density at radius 1 is 1.29 bits per heavy atom. The number of nitrogens with one attached hydrogen (secondary N) is 2. The van der Waals surface area contributed by atoms with Crippen LogP contribution in [0.2, 0.25) is 0 Å². The zero-order valence-corrected chi connectivity index (χ0v) is 9.88. The van der Waals surface area contributed by atoms with Gasteiger partial charge in [0.05, 0.1) is 12.6 Å². The van der Waals surface area contributed by atoms with Crippen LogP contribution >= 0.6 is 0 Å². The van der Waals surface area contributed by atoms with Crippen molar-refractivity contribution in [2.75, 3.05) is 20.2 Å². The number of rotatable bonds is 1. The minimum Gasteiger partial charge on any atom is -0.497 e. The van der Waals surface area contributed by atoms with Gasteiger partial charge in [0, 0.05) is 5.56 Å². The molecule has 0 saturated carbocycles. The van der Waals surface area contributed by atoms with Gasteiger partial charge < -0.3 is 15.4 Å². The van der Waals surface area contributed by atoms with Gasteiger partial charge in [-0.1, -0.05) is 6.07 Å². The molecular weight excluding hydrogens is 216 g/mol. The fourth-order valence-corrected chi connectivity index (χ4v) is 2.86. The molecular formula is C13H16N2O2. The number of fused-ring (bicyclic) bond motifs is 2. The Bertz CT molecular complexity index is 464. The second-order valence-corrected chi connectivity index (χ2v) is 4.70. The van der Waals surface area contributed by atoms with Crippen LogP contribution in [-0.4, -0.2) is 26.1 Å². The lowest BCUT2D eigenvalue weighted by atomic mass is 9.82. The molecule has 1 saturated heterocycles. The highest BCUT2D eigenvalue weighted by molar-refractivity contribution is 6.00. The number of amides is 1. The van der Waals surface area contributed by atoms with Crippen molar-refractivity contribution >= 4 is 5.91 Å². The summed E-state index contributed by atoms with van der Waals surface area (Å²) >= 11 is 0. The smallest absolute Gasteiger partial charge is 0.252 e. The van der Waals surface area contributed by atoms with Crippen LogP contribution in [0.3, 0.4) is 0 Å². The Morgan fingerprint density at radius 3 is 2.76 bits per heavy atom. The van der Waals surface area contributed by atoms with Crippen LogP contribution in [0.5, 0.6) is 5.75 Å². The van der Waals surface area contributed by atoms with Crippen LogP contribution in [0, 0.1) is 0 Å². The lowest BCUT2D eigenvalue weighted by Crippen LogP contribution is -2.47. The van der Waals surface area contributed by atoms with E-state index in [2.05, 4.69) is 10.6 Å². The largest absolute Gasteiger partial charge is 0.497 e. The fraction of sp³-hybridized carbons (Fsp3) is 0.462. The second-order valence-electron chi connectivity index (χ2n) is 4.70. The molecule has 2 heterocycles. The van der Waals surface area contributed by atoms with E-state index in [0.717, 1.165) is 42.8 Å². The number of carbonyl (C=O) groups excluding carboxylic acids is 1. The van der Waals surface area contributed by atoms with Crippen molar-refractivity contribution < 1.29 is 9.53 Å². The SMILES string of the molecule is COc1ccc2c(c1)C(=O)NC21CCNCC1. The maximum absolute atomic E-state index is 12.0. The van der Waals surface area contributed by atoms with Crippen molar-refractivity contribution in [3.8, 4) is 5.75 Å². The van der Waals surface area contributed by atoms with Gasteiger partial charge in [-0.25, -0.2) is 0 Å². The predicted octanol–water partition coefficient (Wildman–Crippen LogP) is 1.02. The first-order valence-corrected chi connectivity index (χ1v) is 5.97. The zero-order valence-electron chi connectivity index (χ0n) is 9.88. The van der Waals surface area contributed by atoms with Gasteiger partial charge in [0.2, 0.25) is 0 Å². The van der Waals surface area contributed by atoms with Crippen molar-refractivity contribution in [2.24, 2.45) is 0 Å². The lowest BCUT2D eigenvalue weighted by Gasteiger charge is -2.34. The molecule has 2 N–H and O–H groups in total. The molecule has 1 spiro atoms. The first kappa shape index (κ1) is 10.6. The molecule has 1 amide bonds. The molecule has 1 aromatic rings. The zero-order chi connectivity index (χ0) is 11.9. The van der Waals surface area contributed by atoms with Crippen LogP contribution in [0.4, 0.5) is 0 Å². The average molecular weight is 232 g/mol. The molecule has 4 nitrogen and oxygen atoms in total. The summed E-state index contributed by atoms with van der Waals surface area (Å²) in [5.74, 6) is 0.769. The molecule has 1 aromatic carbocycles. The summed E-state index contributed by atoms with van der Waals surface area (Å²) in [4.78, 5) is 12.0. The van der Waals surface area contributed by atoms with E-state index in [4.69, 9.17) is 4.74 Å². The van der Waals surface area contributed by atoms with Gasteiger partial charge in [-0.05, 0) is 43.6 Å². The maximum atomic E-state index is 12.0. The Balaban J connectivity index is 2.07. The Labute approximate surface area is 100 Å². The highest BCUT2D eigenvalue weighted by Gasteiger charge is 2.43. The molecule has 0 aliphatic carbocycles. The summed E-state index contributed by atoms with van der Waals surface area (Å²) < 4.78 is 5.17. The molecule has 0 aromatic heterocycles. The third-order valence-corrected chi connectivity index (χ3v) is 3.80. The van der Waals surface area contributed by atoms with Crippen molar-refractivity contribution in [2.45, 2.75) is 18.4 Å². The van der Waals surface area contributed by atoms with Crippen molar-refractivity contribution in [3.63, 3.8) is 0 Å². The first-order valence-electron chi connectivity index (χ1n) is 5.97. The Hall–Kier alpha value is -1.55. The number of hydrogen-bond donors (Lipinski definition) is 2. The van der Waals surface area contributed by atoms with E-state index in [-0.39, 0.29) is 11.4 Å². The van der Waals surface area contributed by atoms with Crippen LogP contribution in [0.25, 0.3) is 0 Å². The van der Waals surface area contributed by atoms with Crippen LogP contribution in [0.15, 0.2) is 18.2 Å². The molecule has 0 unspecified atom stereocenters. The second kappa shape index (κ2) is 3.74. The molecule has 1 fully saturated rings. The third kappa shape index (κ3) is 1.52. The first-order chi connectivity index (χ1) is 8.25. The van der Waals surface area contributed by atoms with Gasteiger partial charge in [-0.15, -0.1) is 0 Å². The van der Waals surface area contributed by atoms with Crippen molar-refractivity contribution in [1.29, 1.82) is 0 Å². The molecule has 0 atom stereocenters. The summed E-state index contributed by atoms with van der Waals surface area (Å²) in [6.45, 7) is 1.90. The van der Waals surface area contributed by atoms with Crippen LogP contribution in [-0.2, 0) is 5.54 Å². The number of methoxy groups -OCH3 is 1. The number of ether oxygens (including phenoxy) is 1.